The standard InChI is InChI=1S/C9H7ClN2O2S/c1-12-7(5-2-3-15-8(5)10)6(4-11-12)9(13)14/h2-4H,1H3,(H,13,14). The average molecular weight is 243 g/mol. The molecule has 0 aliphatic rings. The quantitative estimate of drug-likeness (QED) is 0.880. The van der Waals surface area contributed by atoms with Crippen molar-refractivity contribution in [3.63, 3.8) is 0 Å². The zero-order valence-electron chi connectivity index (χ0n) is 7.77. The van der Waals surface area contributed by atoms with Crippen molar-refractivity contribution in [1.29, 1.82) is 0 Å². The first kappa shape index (κ1) is 10.2. The van der Waals surface area contributed by atoms with E-state index in [4.69, 9.17) is 16.7 Å². The zero-order valence-corrected chi connectivity index (χ0v) is 9.34. The van der Waals surface area contributed by atoms with E-state index in [0.29, 0.717) is 15.6 Å². The maximum absolute atomic E-state index is 10.9. The summed E-state index contributed by atoms with van der Waals surface area (Å²) in [6.07, 6.45) is 1.33. The van der Waals surface area contributed by atoms with Crippen LogP contribution in [0.5, 0.6) is 0 Å². The summed E-state index contributed by atoms with van der Waals surface area (Å²) >= 11 is 7.33. The van der Waals surface area contributed by atoms with E-state index in [9.17, 15) is 4.79 Å². The fourth-order valence-corrected chi connectivity index (χ4v) is 2.30. The molecule has 78 valence electrons. The molecular formula is C9H7ClN2O2S. The Labute approximate surface area is 94.7 Å². The second kappa shape index (κ2) is 3.67. The van der Waals surface area contributed by atoms with Crippen molar-refractivity contribution in [2.75, 3.05) is 0 Å². The van der Waals surface area contributed by atoms with Crippen molar-refractivity contribution >= 4 is 28.9 Å². The molecule has 0 saturated carbocycles. The van der Waals surface area contributed by atoms with E-state index in [-0.39, 0.29) is 5.56 Å². The topological polar surface area (TPSA) is 55.1 Å². The Kier molecular flexibility index (Phi) is 2.50. The highest BCUT2D eigenvalue weighted by Gasteiger charge is 2.19. The van der Waals surface area contributed by atoms with Crippen molar-refractivity contribution in [3.05, 3.63) is 27.5 Å². The molecule has 15 heavy (non-hydrogen) atoms. The number of halogens is 1. The number of carbonyl (C=O) groups is 1. The molecule has 4 nitrogen and oxygen atoms in total. The maximum Gasteiger partial charge on any atom is 0.339 e. The van der Waals surface area contributed by atoms with Crippen LogP contribution in [0.25, 0.3) is 11.3 Å². The summed E-state index contributed by atoms with van der Waals surface area (Å²) in [5, 5.41) is 14.7. The first-order valence-corrected chi connectivity index (χ1v) is 5.35. The fourth-order valence-electron chi connectivity index (χ4n) is 1.38. The smallest absolute Gasteiger partial charge is 0.339 e. The number of aryl methyl sites for hydroxylation is 1. The molecule has 0 unspecified atom stereocenters. The lowest BCUT2D eigenvalue weighted by molar-refractivity contribution is 0.0697. The van der Waals surface area contributed by atoms with Crippen molar-refractivity contribution in [2.45, 2.75) is 0 Å². The maximum atomic E-state index is 10.9. The first-order valence-electron chi connectivity index (χ1n) is 4.10. The van der Waals surface area contributed by atoms with E-state index >= 15 is 0 Å². The molecule has 6 heteroatoms. The fraction of sp³-hybridized carbons (Fsp3) is 0.111. The SMILES string of the molecule is Cn1ncc(C(=O)O)c1-c1ccsc1Cl. The minimum absolute atomic E-state index is 0.165. The van der Waals surface area contributed by atoms with Crippen molar-refractivity contribution in [2.24, 2.45) is 7.05 Å². The van der Waals surface area contributed by atoms with Crippen LogP contribution in [-0.2, 0) is 7.05 Å². The summed E-state index contributed by atoms with van der Waals surface area (Å²) in [5.41, 5.74) is 1.41. The number of carboxylic acids is 1. The van der Waals surface area contributed by atoms with Gasteiger partial charge in [0.25, 0.3) is 0 Å². The van der Waals surface area contributed by atoms with Crippen LogP contribution < -0.4 is 0 Å². The molecule has 2 heterocycles. The summed E-state index contributed by atoms with van der Waals surface area (Å²) in [6, 6.07) is 1.79. The van der Waals surface area contributed by atoms with Gasteiger partial charge in [0.1, 0.15) is 9.90 Å². The van der Waals surface area contributed by atoms with E-state index in [0.717, 1.165) is 0 Å². The number of hydrogen-bond donors (Lipinski definition) is 1. The summed E-state index contributed by atoms with van der Waals surface area (Å²) in [6.45, 7) is 0. The molecule has 0 aromatic carbocycles. The van der Waals surface area contributed by atoms with Gasteiger partial charge in [0.15, 0.2) is 0 Å². The molecule has 2 rings (SSSR count). The molecule has 0 radical (unpaired) electrons. The number of nitrogens with zero attached hydrogens (tertiary/aromatic N) is 2. The summed E-state index contributed by atoms with van der Waals surface area (Å²) in [4.78, 5) is 10.9. The molecule has 1 N–H and O–H groups in total. The highest BCUT2D eigenvalue weighted by Crippen LogP contribution is 2.34. The number of carboxylic acid groups (broad SMARTS) is 1. The van der Waals surface area contributed by atoms with Gasteiger partial charge in [-0.2, -0.15) is 5.10 Å². The van der Waals surface area contributed by atoms with E-state index in [1.54, 1.807) is 13.1 Å². The largest absolute Gasteiger partial charge is 0.478 e. The minimum atomic E-state index is -1.000. The predicted octanol–water partition coefficient (Wildman–Crippen LogP) is 2.50. The molecule has 0 bridgehead atoms. The third kappa shape index (κ3) is 1.64. The Hall–Kier alpha value is -1.33. The van der Waals surface area contributed by atoms with Gasteiger partial charge in [-0.05, 0) is 11.4 Å². The van der Waals surface area contributed by atoms with Gasteiger partial charge in [-0.25, -0.2) is 4.79 Å². The van der Waals surface area contributed by atoms with E-state index in [1.807, 2.05) is 5.38 Å². The van der Waals surface area contributed by atoms with Gasteiger partial charge in [-0.1, -0.05) is 11.6 Å². The number of hydrogen-bond acceptors (Lipinski definition) is 3. The van der Waals surface area contributed by atoms with Crippen molar-refractivity contribution in [1.82, 2.24) is 9.78 Å². The minimum Gasteiger partial charge on any atom is -0.478 e. The summed E-state index contributed by atoms with van der Waals surface area (Å²) < 4.78 is 2.08. The lowest BCUT2D eigenvalue weighted by atomic mass is 10.1. The number of thiophene rings is 1. The van der Waals surface area contributed by atoms with Gasteiger partial charge in [-0.15, -0.1) is 11.3 Å². The van der Waals surface area contributed by atoms with Crippen LogP contribution in [0.3, 0.4) is 0 Å². The molecule has 0 amide bonds. The second-order valence-electron chi connectivity index (χ2n) is 2.94. The van der Waals surface area contributed by atoms with Gasteiger partial charge < -0.3 is 5.11 Å². The Bertz CT molecular complexity index is 518. The van der Waals surface area contributed by atoms with Gasteiger partial charge in [-0.3, -0.25) is 4.68 Å². The monoisotopic (exact) mass is 242 g/mol. The predicted molar refractivity (Wildman–Crippen MR) is 58.5 cm³/mol. The molecule has 0 aliphatic heterocycles. The highest BCUT2D eigenvalue weighted by atomic mass is 35.5. The third-order valence-corrected chi connectivity index (χ3v) is 3.21. The van der Waals surface area contributed by atoms with Crippen LogP contribution in [-0.4, -0.2) is 20.9 Å². The summed E-state index contributed by atoms with van der Waals surface area (Å²) in [5.74, 6) is -1.000. The highest BCUT2D eigenvalue weighted by molar-refractivity contribution is 7.15. The van der Waals surface area contributed by atoms with Crippen LogP contribution in [0.1, 0.15) is 10.4 Å². The zero-order chi connectivity index (χ0) is 11.0. The van der Waals surface area contributed by atoms with Crippen LogP contribution in [0, 0.1) is 0 Å². The molecule has 0 atom stereocenters. The Balaban J connectivity index is 2.66. The molecule has 0 spiro atoms. The van der Waals surface area contributed by atoms with E-state index in [1.165, 1.54) is 22.2 Å². The molecular weight excluding hydrogens is 236 g/mol. The van der Waals surface area contributed by atoms with Crippen LogP contribution in [0.15, 0.2) is 17.6 Å². The molecule has 0 saturated heterocycles. The Morgan fingerprint density at radius 1 is 1.67 bits per heavy atom. The molecule has 2 aromatic rings. The van der Waals surface area contributed by atoms with Gasteiger partial charge >= 0.3 is 5.97 Å². The van der Waals surface area contributed by atoms with E-state index in [2.05, 4.69) is 5.10 Å². The Morgan fingerprint density at radius 3 is 2.93 bits per heavy atom. The lowest BCUT2D eigenvalue weighted by Crippen LogP contribution is -2.00. The van der Waals surface area contributed by atoms with Crippen molar-refractivity contribution in [3.8, 4) is 11.3 Å². The first-order chi connectivity index (χ1) is 7.11. The van der Waals surface area contributed by atoms with Crippen molar-refractivity contribution < 1.29 is 9.90 Å². The van der Waals surface area contributed by atoms with Gasteiger partial charge in [0, 0.05) is 12.6 Å². The molecule has 0 aliphatic carbocycles. The van der Waals surface area contributed by atoms with Crippen LogP contribution >= 0.6 is 22.9 Å². The lowest BCUT2D eigenvalue weighted by Gasteiger charge is -2.01. The average Bonchev–Trinajstić information content (AvgIpc) is 2.71. The van der Waals surface area contributed by atoms with E-state index < -0.39 is 5.97 Å². The molecule has 0 fully saturated rings. The Morgan fingerprint density at radius 2 is 2.40 bits per heavy atom. The third-order valence-electron chi connectivity index (χ3n) is 2.04. The normalized spacial score (nSPS) is 10.5. The van der Waals surface area contributed by atoms with Gasteiger partial charge in [0.2, 0.25) is 0 Å². The number of aromatic nitrogens is 2. The number of rotatable bonds is 2. The van der Waals surface area contributed by atoms with Crippen LogP contribution in [0.2, 0.25) is 4.34 Å². The molecule has 2 aromatic heterocycles. The van der Waals surface area contributed by atoms with Gasteiger partial charge in [0.05, 0.1) is 11.9 Å². The second-order valence-corrected chi connectivity index (χ2v) is 4.46. The summed E-state index contributed by atoms with van der Waals surface area (Å²) in [7, 11) is 1.69. The number of aromatic carboxylic acids is 1. The van der Waals surface area contributed by atoms with Crippen LogP contribution in [0.4, 0.5) is 0 Å².